The van der Waals surface area contributed by atoms with Crippen LogP contribution in [0.3, 0.4) is 0 Å². The third-order valence-electron chi connectivity index (χ3n) is 3.18. The molecule has 96 valence electrons. The van der Waals surface area contributed by atoms with Gasteiger partial charge in [-0.25, -0.2) is 4.98 Å². The number of nitrogens with one attached hydrogen (secondary N) is 1. The summed E-state index contributed by atoms with van der Waals surface area (Å²) in [6.45, 7) is 4.52. The Kier molecular flexibility index (Phi) is 2.71. The van der Waals surface area contributed by atoms with Crippen molar-refractivity contribution in [3.63, 3.8) is 0 Å². The molecule has 0 aliphatic carbocycles. The highest BCUT2D eigenvalue weighted by Gasteiger charge is 2.06. The van der Waals surface area contributed by atoms with Crippen LogP contribution in [0, 0.1) is 13.8 Å². The monoisotopic (exact) mass is 253 g/mol. The molecule has 19 heavy (non-hydrogen) atoms. The first-order valence-corrected chi connectivity index (χ1v) is 6.24. The molecule has 0 saturated heterocycles. The zero-order valence-corrected chi connectivity index (χ0v) is 11.0. The second-order valence-corrected chi connectivity index (χ2v) is 4.88. The molecule has 4 heteroatoms. The fraction of sp³-hybridized carbons (Fsp3) is 0.200. The molecule has 3 rings (SSSR count). The third kappa shape index (κ3) is 2.17. The van der Waals surface area contributed by atoms with Gasteiger partial charge in [0.2, 0.25) is 0 Å². The lowest BCUT2D eigenvalue weighted by Crippen LogP contribution is -2.20. The summed E-state index contributed by atoms with van der Waals surface area (Å²) in [5.74, 6) is 0. The Morgan fingerprint density at radius 2 is 2.11 bits per heavy atom. The molecule has 0 bridgehead atoms. The average Bonchev–Trinajstić information content (AvgIpc) is 2.75. The van der Waals surface area contributed by atoms with Crippen LogP contribution in [0.25, 0.3) is 11.0 Å². The van der Waals surface area contributed by atoms with E-state index in [-0.39, 0.29) is 5.56 Å². The molecule has 4 nitrogen and oxygen atoms in total. The Hall–Kier alpha value is -2.36. The molecule has 0 spiro atoms. The van der Waals surface area contributed by atoms with E-state index in [4.69, 9.17) is 0 Å². The van der Waals surface area contributed by atoms with Crippen molar-refractivity contribution in [3.8, 4) is 0 Å². The lowest BCUT2D eigenvalue weighted by atomic mass is 10.1. The van der Waals surface area contributed by atoms with Gasteiger partial charge in [0.25, 0.3) is 5.56 Å². The van der Waals surface area contributed by atoms with Gasteiger partial charge in [0.15, 0.2) is 0 Å². The van der Waals surface area contributed by atoms with Crippen molar-refractivity contribution < 1.29 is 0 Å². The molecule has 0 radical (unpaired) electrons. The van der Waals surface area contributed by atoms with Gasteiger partial charge in [-0.1, -0.05) is 29.8 Å². The zero-order valence-electron chi connectivity index (χ0n) is 11.0. The van der Waals surface area contributed by atoms with Gasteiger partial charge in [0.1, 0.15) is 12.0 Å². The van der Waals surface area contributed by atoms with Gasteiger partial charge >= 0.3 is 0 Å². The molecule has 0 unspecified atom stereocenters. The van der Waals surface area contributed by atoms with E-state index in [9.17, 15) is 4.79 Å². The Bertz CT molecular complexity index is 799. The topological polar surface area (TPSA) is 50.7 Å². The van der Waals surface area contributed by atoms with Gasteiger partial charge in [0, 0.05) is 5.69 Å². The highest BCUT2D eigenvalue weighted by molar-refractivity contribution is 5.75. The number of benzene rings is 1. The summed E-state index contributed by atoms with van der Waals surface area (Å²) in [6.07, 6.45) is 1.60. The summed E-state index contributed by atoms with van der Waals surface area (Å²) in [4.78, 5) is 19.7. The molecule has 0 fully saturated rings. The van der Waals surface area contributed by atoms with Gasteiger partial charge in [-0.15, -0.1) is 0 Å². The molecule has 2 aromatic heterocycles. The van der Waals surface area contributed by atoms with E-state index in [0.29, 0.717) is 17.6 Å². The summed E-state index contributed by atoms with van der Waals surface area (Å²) in [7, 11) is 0. The van der Waals surface area contributed by atoms with Crippen LogP contribution in [0.5, 0.6) is 0 Å². The van der Waals surface area contributed by atoms with Crippen LogP contribution in [0.4, 0.5) is 0 Å². The predicted molar refractivity (Wildman–Crippen MR) is 75.4 cm³/mol. The van der Waals surface area contributed by atoms with Gasteiger partial charge in [-0.05, 0) is 25.5 Å². The largest absolute Gasteiger partial charge is 0.343 e. The highest BCUT2D eigenvalue weighted by Crippen LogP contribution is 2.09. The number of hydrogen-bond acceptors (Lipinski definition) is 2. The van der Waals surface area contributed by atoms with E-state index < -0.39 is 0 Å². The predicted octanol–water partition coefficient (Wildman–Crippen LogP) is 2.39. The standard InChI is InChI=1S/C15H15N3O/c1-10-4-3-5-12(6-10)8-18-9-16-14-13(15(18)19)7-11(2)17-14/h3-7,9,17H,8H2,1-2H3. The molecule has 0 amide bonds. The van der Waals surface area contributed by atoms with E-state index in [0.717, 1.165) is 11.3 Å². The maximum Gasteiger partial charge on any atom is 0.263 e. The lowest BCUT2D eigenvalue weighted by Gasteiger charge is -2.06. The lowest BCUT2D eigenvalue weighted by molar-refractivity contribution is 0.747. The van der Waals surface area contributed by atoms with Crippen molar-refractivity contribution in [2.75, 3.05) is 0 Å². The van der Waals surface area contributed by atoms with Crippen molar-refractivity contribution in [1.82, 2.24) is 14.5 Å². The Morgan fingerprint density at radius 3 is 2.89 bits per heavy atom. The SMILES string of the molecule is Cc1cccc(Cn2cnc3[nH]c(C)cc3c2=O)c1. The minimum Gasteiger partial charge on any atom is -0.343 e. The number of hydrogen-bond donors (Lipinski definition) is 1. The van der Waals surface area contributed by atoms with Gasteiger partial charge in [-0.3, -0.25) is 9.36 Å². The number of rotatable bonds is 2. The molecule has 3 aromatic rings. The second kappa shape index (κ2) is 4.39. The zero-order chi connectivity index (χ0) is 13.4. The quantitative estimate of drug-likeness (QED) is 0.762. The number of fused-ring (bicyclic) bond motifs is 1. The number of aromatic amines is 1. The molecular weight excluding hydrogens is 238 g/mol. The summed E-state index contributed by atoms with van der Waals surface area (Å²) < 4.78 is 1.64. The fourth-order valence-corrected chi connectivity index (χ4v) is 2.29. The Balaban J connectivity index is 2.06. The van der Waals surface area contributed by atoms with Crippen LogP contribution >= 0.6 is 0 Å². The van der Waals surface area contributed by atoms with Crippen LogP contribution in [0.2, 0.25) is 0 Å². The first-order chi connectivity index (χ1) is 9.13. The van der Waals surface area contributed by atoms with Crippen LogP contribution in [-0.2, 0) is 6.54 Å². The number of H-pyrrole nitrogens is 1. The normalized spacial score (nSPS) is 11.1. The molecule has 2 heterocycles. The first-order valence-electron chi connectivity index (χ1n) is 6.24. The maximum atomic E-state index is 12.3. The maximum absolute atomic E-state index is 12.3. The second-order valence-electron chi connectivity index (χ2n) is 4.88. The van der Waals surface area contributed by atoms with Crippen molar-refractivity contribution in [3.05, 3.63) is 63.8 Å². The number of aromatic nitrogens is 3. The van der Waals surface area contributed by atoms with Crippen LogP contribution in [0.15, 0.2) is 41.5 Å². The van der Waals surface area contributed by atoms with Gasteiger partial charge in [0.05, 0.1) is 11.9 Å². The third-order valence-corrected chi connectivity index (χ3v) is 3.18. The summed E-state index contributed by atoms with van der Waals surface area (Å²) in [6, 6.07) is 9.99. The van der Waals surface area contributed by atoms with E-state index in [1.807, 2.05) is 38.1 Å². The van der Waals surface area contributed by atoms with Gasteiger partial charge < -0.3 is 4.98 Å². The van der Waals surface area contributed by atoms with Crippen molar-refractivity contribution in [2.45, 2.75) is 20.4 Å². The molecule has 1 aromatic carbocycles. The molecule has 0 atom stereocenters. The van der Waals surface area contributed by atoms with Crippen LogP contribution in [-0.4, -0.2) is 14.5 Å². The van der Waals surface area contributed by atoms with Crippen molar-refractivity contribution in [2.24, 2.45) is 0 Å². The first kappa shape index (κ1) is 11.7. The van der Waals surface area contributed by atoms with Crippen molar-refractivity contribution in [1.29, 1.82) is 0 Å². The molecule has 1 N–H and O–H groups in total. The summed E-state index contributed by atoms with van der Waals surface area (Å²) in [5.41, 5.74) is 3.90. The number of aryl methyl sites for hydroxylation is 2. The average molecular weight is 253 g/mol. The van der Waals surface area contributed by atoms with E-state index in [2.05, 4.69) is 16.0 Å². The molecular formula is C15H15N3O. The van der Waals surface area contributed by atoms with E-state index >= 15 is 0 Å². The van der Waals surface area contributed by atoms with E-state index in [1.165, 1.54) is 5.56 Å². The Morgan fingerprint density at radius 1 is 1.26 bits per heavy atom. The summed E-state index contributed by atoms with van der Waals surface area (Å²) >= 11 is 0. The minimum atomic E-state index is -0.00384. The smallest absolute Gasteiger partial charge is 0.263 e. The molecule has 0 aliphatic rings. The van der Waals surface area contributed by atoms with Gasteiger partial charge in [-0.2, -0.15) is 0 Å². The molecule has 0 aliphatic heterocycles. The van der Waals surface area contributed by atoms with Crippen molar-refractivity contribution >= 4 is 11.0 Å². The van der Waals surface area contributed by atoms with E-state index in [1.54, 1.807) is 10.9 Å². The highest BCUT2D eigenvalue weighted by atomic mass is 16.1. The minimum absolute atomic E-state index is 0.00384. The van der Waals surface area contributed by atoms with Crippen LogP contribution in [0.1, 0.15) is 16.8 Å². The Labute approximate surface area is 110 Å². The fourth-order valence-electron chi connectivity index (χ4n) is 2.29. The molecule has 0 saturated carbocycles. The number of nitrogens with zero attached hydrogens (tertiary/aromatic N) is 2. The van der Waals surface area contributed by atoms with Crippen LogP contribution < -0.4 is 5.56 Å². The summed E-state index contributed by atoms with van der Waals surface area (Å²) in [5, 5.41) is 0.646.